The predicted molar refractivity (Wildman–Crippen MR) is 85.3 cm³/mol. The number of fused-ring (bicyclic) bond motifs is 1. The molecule has 0 aliphatic carbocycles. The summed E-state index contributed by atoms with van der Waals surface area (Å²) in [5.74, 6) is 2.38. The summed E-state index contributed by atoms with van der Waals surface area (Å²) in [7, 11) is 4.29. The average Bonchev–Trinajstić information content (AvgIpc) is 2.47. The van der Waals surface area contributed by atoms with Crippen LogP contribution in [0.1, 0.15) is 12.8 Å². The molecule has 1 fully saturated rings. The minimum Gasteiger partial charge on any atom is -0.486 e. The second-order valence-corrected chi connectivity index (χ2v) is 6.25. The van der Waals surface area contributed by atoms with E-state index in [1.807, 2.05) is 12.1 Å². The molecule has 0 bridgehead atoms. The van der Waals surface area contributed by atoms with Crippen molar-refractivity contribution in [2.24, 2.45) is 5.92 Å². The molecule has 21 heavy (non-hydrogen) atoms. The Kier molecular flexibility index (Phi) is 4.10. The molecule has 0 spiro atoms. The molecule has 1 aromatic rings. The molecule has 2 N–H and O–H groups in total. The van der Waals surface area contributed by atoms with E-state index in [9.17, 15) is 0 Å². The van der Waals surface area contributed by atoms with Crippen molar-refractivity contribution in [3.8, 4) is 11.5 Å². The molecule has 2 aliphatic rings. The first-order valence-electron chi connectivity index (χ1n) is 7.72. The van der Waals surface area contributed by atoms with E-state index in [0.29, 0.717) is 13.2 Å². The molecule has 5 nitrogen and oxygen atoms in total. The summed E-state index contributed by atoms with van der Waals surface area (Å²) in [6.45, 7) is 4.50. The molecular weight excluding hydrogens is 266 g/mol. The molecule has 5 heteroatoms. The smallest absolute Gasteiger partial charge is 0.163 e. The van der Waals surface area contributed by atoms with E-state index in [0.717, 1.165) is 41.9 Å². The molecule has 116 valence electrons. The average molecular weight is 291 g/mol. The maximum Gasteiger partial charge on any atom is 0.163 e. The van der Waals surface area contributed by atoms with Gasteiger partial charge in [-0.3, -0.25) is 0 Å². The fraction of sp³-hybridized carbons (Fsp3) is 0.625. The zero-order valence-electron chi connectivity index (χ0n) is 13.0. The molecular formula is C16H25N3O2. The van der Waals surface area contributed by atoms with Gasteiger partial charge >= 0.3 is 0 Å². The van der Waals surface area contributed by atoms with Crippen LogP contribution in [0.3, 0.4) is 0 Å². The molecule has 0 atom stereocenters. The number of ether oxygens (including phenoxy) is 2. The van der Waals surface area contributed by atoms with Crippen molar-refractivity contribution in [2.75, 3.05) is 57.6 Å². The third-order valence-electron chi connectivity index (χ3n) is 4.27. The van der Waals surface area contributed by atoms with Gasteiger partial charge in [0, 0.05) is 31.8 Å². The van der Waals surface area contributed by atoms with Crippen LogP contribution in [0.4, 0.5) is 11.4 Å². The molecule has 1 aromatic carbocycles. The standard InChI is InChI=1S/C16H25N3O2/c1-18(2)11-12-3-5-19(6-4-12)14-10-16-15(9-13(14)17)20-7-8-21-16/h9-10,12H,3-8,11,17H2,1-2H3. The van der Waals surface area contributed by atoms with E-state index in [-0.39, 0.29) is 0 Å². The summed E-state index contributed by atoms with van der Waals surface area (Å²) in [5, 5.41) is 0. The monoisotopic (exact) mass is 291 g/mol. The van der Waals surface area contributed by atoms with Gasteiger partial charge in [0.1, 0.15) is 13.2 Å². The van der Waals surface area contributed by atoms with Gasteiger partial charge in [-0.05, 0) is 32.9 Å². The van der Waals surface area contributed by atoms with Gasteiger partial charge in [-0.25, -0.2) is 0 Å². The summed E-state index contributed by atoms with van der Waals surface area (Å²) in [4.78, 5) is 4.65. The lowest BCUT2D eigenvalue weighted by Gasteiger charge is -2.35. The van der Waals surface area contributed by atoms with Crippen molar-refractivity contribution in [3.63, 3.8) is 0 Å². The van der Waals surface area contributed by atoms with Gasteiger partial charge < -0.3 is 25.0 Å². The van der Waals surface area contributed by atoms with Gasteiger partial charge in [0.2, 0.25) is 0 Å². The number of hydrogen-bond donors (Lipinski definition) is 1. The van der Waals surface area contributed by atoms with Crippen LogP contribution in [0.5, 0.6) is 11.5 Å². The van der Waals surface area contributed by atoms with Crippen molar-refractivity contribution >= 4 is 11.4 Å². The summed E-state index contributed by atoms with van der Waals surface area (Å²) in [6, 6.07) is 3.94. The van der Waals surface area contributed by atoms with Gasteiger partial charge in [0.25, 0.3) is 0 Å². The molecule has 0 aromatic heterocycles. The van der Waals surface area contributed by atoms with E-state index in [2.05, 4.69) is 23.9 Å². The topological polar surface area (TPSA) is 51.0 Å². The predicted octanol–water partition coefficient (Wildman–Crippen LogP) is 1.82. The normalized spacial score (nSPS) is 19.1. The van der Waals surface area contributed by atoms with Gasteiger partial charge in [-0.15, -0.1) is 0 Å². The van der Waals surface area contributed by atoms with E-state index >= 15 is 0 Å². The van der Waals surface area contributed by atoms with E-state index in [4.69, 9.17) is 15.2 Å². The highest BCUT2D eigenvalue weighted by atomic mass is 16.6. The highest BCUT2D eigenvalue weighted by Gasteiger charge is 2.23. The maximum atomic E-state index is 6.21. The summed E-state index contributed by atoms with van der Waals surface area (Å²) in [6.07, 6.45) is 2.43. The van der Waals surface area contributed by atoms with E-state index < -0.39 is 0 Å². The molecule has 1 saturated heterocycles. The quantitative estimate of drug-likeness (QED) is 0.861. The summed E-state index contributed by atoms with van der Waals surface area (Å²) < 4.78 is 11.2. The lowest BCUT2D eigenvalue weighted by atomic mass is 9.96. The number of anilines is 2. The lowest BCUT2D eigenvalue weighted by molar-refractivity contribution is 0.171. The highest BCUT2D eigenvalue weighted by molar-refractivity contribution is 5.73. The van der Waals surface area contributed by atoms with Crippen LogP contribution in [0, 0.1) is 5.92 Å². The summed E-state index contributed by atoms with van der Waals surface area (Å²) in [5.41, 5.74) is 8.07. The Labute approximate surface area is 126 Å². The summed E-state index contributed by atoms with van der Waals surface area (Å²) >= 11 is 0. The van der Waals surface area contributed by atoms with Crippen molar-refractivity contribution in [1.29, 1.82) is 0 Å². The van der Waals surface area contributed by atoms with Crippen LogP contribution in [0.2, 0.25) is 0 Å². The van der Waals surface area contributed by atoms with Gasteiger partial charge in [-0.2, -0.15) is 0 Å². The van der Waals surface area contributed by atoms with Crippen LogP contribution in [-0.4, -0.2) is 51.8 Å². The van der Waals surface area contributed by atoms with E-state index in [1.165, 1.54) is 19.4 Å². The second-order valence-electron chi connectivity index (χ2n) is 6.25. The SMILES string of the molecule is CN(C)CC1CCN(c2cc3c(cc2N)OCCO3)CC1. The molecule has 0 amide bonds. The van der Waals surface area contributed by atoms with Gasteiger partial charge in [0.15, 0.2) is 11.5 Å². The van der Waals surface area contributed by atoms with Crippen LogP contribution in [0.15, 0.2) is 12.1 Å². The molecule has 2 aliphatic heterocycles. The van der Waals surface area contributed by atoms with Gasteiger partial charge in [-0.1, -0.05) is 0 Å². The Balaban J connectivity index is 1.70. The Morgan fingerprint density at radius 2 is 1.76 bits per heavy atom. The van der Waals surface area contributed by atoms with Crippen molar-refractivity contribution in [3.05, 3.63) is 12.1 Å². The maximum absolute atomic E-state index is 6.21. The lowest BCUT2D eigenvalue weighted by Crippen LogP contribution is -2.37. The fourth-order valence-electron chi connectivity index (χ4n) is 3.24. The minimum atomic E-state index is 0.599. The van der Waals surface area contributed by atoms with Crippen LogP contribution >= 0.6 is 0 Å². The number of rotatable bonds is 3. The van der Waals surface area contributed by atoms with Crippen molar-refractivity contribution < 1.29 is 9.47 Å². The highest BCUT2D eigenvalue weighted by Crippen LogP contribution is 2.39. The third kappa shape index (κ3) is 3.18. The Hall–Kier alpha value is -1.62. The number of nitrogens with two attached hydrogens (primary N) is 1. The van der Waals surface area contributed by atoms with Crippen LogP contribution < -0.4 is 20.1 Å². The fourth-order valence-corrected chi connectivity index (χ4v) is 3.24. The first-order valence-corrected chi connectivity index (χ1v) is 7.72. The largest absolute Gasteiger partial charge is 0.486 e. The molecule has 2 heterocycles. The Morgan fingerprint density at radius 1 is 1.14 bits per heavy atom. The first kappa shape index (κ1) is 14.3. The van der Waals surface area contributed by atoms with Gasteiger partial charge in [0.05, 0.1) is 11.4 Å². The second kappa shape index (κ2) is 6.02. The molecule has 0 unspecified atom stereocenters. The Bertz CT molecular complexity index is 497. The number of nitrogen functional groups attached to an aromatic ring is 1. The zero-order chi connectivity index (χ0) is 14.8. The number of hydrogen-bond acceptors (Lipinski definition) is 5. The number of nitrogens with zero attached hydrogens (tertiary/aromatic N) is 2. The van der Waals surface area contributed by atoms with Crippen molar-refractivity contribution in [1.82, 2.24) is 4.90 Å². The molecule has 3 rings (SSSR count). The zero-order valence-corrected chi connectivity index (χ0v) is 13.0. The first-order chi connectivity index (χ1) is 10.1. The van der Waals surface area contributed by atoms with Crippen LogP contribution in [0.25, 0.3) is 0 Å². The van der Waals surface area contributed by atoms with Crippen molar-refractivity contribution in [2.45, 2.75) is 12.8 Å². The minimum absolute atomic E-state index is 0.599. The Morgan fingerprint density at radius 3 is 2.38 bits per heavy atom. The van der Waals surface area contributed by atoms with E-state index in [1.54, 1.807) is 0 Å². The van der Waals surface area contributed by atoms with Crippen LogP contribution in [-0.2, 0) is 0 Å². The molecule has 0 saturated carbocycles. The number of benzene rings is 1. The number of piperidine rings is 1. The molecule has 0 radical (unpaired) electrons. The third-order valence-corrected chi connectivity index (χ3v) is 4.27.